The minimum atomic E-state index is -0.427. The van der Waals surface area contributed by atoms with Gasteiger partial charge in [-0.15, -0.1) is 0 Å². The number of carbonyl (C=O) groups is 6. The van der Waals surface area contributed by atoms with E-state index in [4.69, 9.17) is 4.74 Å². The van der Waals surface area contributed by atoms with E-state index in [1.54, 1.807) is 6.92 Å². The summed E-state index contributed by atoms with van der Waals surface area (Å²) in [5.41, 5.74) is 1.86. The van der Waals surface area contributed by atoms with Gasteiger partial charge in [0.15, 0.2) is 5.78 Å². The molecule has 9 nitrogen and oxygen atoms in total. The third kappa shape index (κ3) is 17.7. The fraction of sp³-hybridized carbons (Fsp3) is 0.538. The molecule has 0 radical (unpaired) electrons. The second-order valence-corrected chi connectivity index (χ2v) is 9.51. The van der Waals surface area contributed by atoms with E-state index in [0.717, 1.165) is 17.4 Å². The average Bonchev–Trinajstić information content (AvgIpc) is 2.85. The summed E-state index contributed by atoms with van der Waals surface area (Å²) in [4.78, 5) is 67.4. The number of carbonyl (C=O) groups excluding carboxylic acids is 6. The molecule has 1 amide bonds. The molecule has 1 aromatic rings. The van der Waals surface area contributed by atoms with Crippen molar-refractivity contribution in [2.24, 2.45) is 5.92 Å². The van der Waals surface area contributed by atoms with Gasteiger partial charge in [-0.3, -0.25) is 9.59 Å². The van der Waals surface area contributed by atoms with Crippen LogP contribution in [-0.4, -0.2) is 81.2 Å². The normalized spacial score (nSPS) is 11.9. The van der Waals surface area contributed by atoms with Gasteiger partial charge in [0.1, 0.15) is 37.9 Å². The molecule has 0 aliphatic carbocycles. The molecule has 0 spiro atoms. The highest BCUT2D eigenvalue weighted by Crippen LogP contribution is 2.15. The van der Waals surface area contributed by atoms with Crippen molar-refractivity contribution in [3.8, 4) is 0 Å². The molecule has 2 N–H and O–H groups in total. The number of thioether (sulfide) groups is 1. The first-order valence-corrected chi connectivity index (χ1v) is 12.8. The van der Waals surface area contributed by atoms with Crippen LogP contribution in [0, 0.1) is 5.92 Å². The van der Waals surface area contributed by atoms with Crippen LogP contribution in [0.4, 0.5) is 0 Å². The fourth-order valence-electron chi connectivity index (χ4n) is 2.82. The smallest absolute Gasteiger partial charge is 0.246 e. The minimum absolute atomic E-state index is 0.134. The number of amides is 1. The van der Waals surface area contributed by atoms with Crippen molar-refractivity contribution in [2.45, 2.75) is 44.3 Å². The third-order valence-electron chi connectivity index (χ3n) is 4.74. The molecule has 0 fully saturated rings. The van der Waals surface area contributed by atoms with Gasteiger partial charge < -0.3 is 34.5 Å². The highest BCUT2D eigenvalue weighted by molar-refractivity contribution is 8.00. The Kier molecular flexibility index (Phi) is 20.0. The summed E-state index contributed by atoms with van der Waals surface area (Å²) >= 11 is 1.30. The van der Waals surface area contributed by atoms with Gasteiger partial charge in [0.05, 0.1) is 5.25 Å². The number of ether oxygens (including phenoxy) is 1. The quantitative estimate of drug-likeness (QED) is 0.258. The summed E-state index contributed by atoms with van der Waals surface area (Å²) in [7, 11) is 3.75. The Balaban J connectivity index is 0.00000387. The van der Waals surface area contributed by atoms with E-state index in [1.165, 1.54) is 11.8 Å². The molecule has 1 rings (SSSR count). The Labute approximate surface area is 217 Å². The van der Waals surface area contributed by atoms with Gasteiger partial charge in [-0.05, 0) is 50.7 Å². The summed E-state index contributed by atoms with van der Waals surface area (Å²) in [5, 5.41) is 4.93. The van der Waals surface area contributed by atoms with E-state index in [0.29, 0.717) is 37.6 Å². The lowest BCUT2D eigenvalue weighted by Crippen LogP contribution is -2.33. The molecule has 0 aromatic heterocycles. The number of hydrogen-bond donors (Lipinski definition) is 2. The van der Waals surface area contributed by atoms with Crippen molar-refractivity contribution < 1.29 is 33.5 Å². The molecular formula is C26H38N2O7S. The maximum Gasteiger partial charge on any atom is 0.246 e. The molecule has 0 aliphatic heterocycles. The topological polar surface area (TPSA) is 136 Å². The van der Waals surface area contributed by atoms with Crippen LogP contribution < -0.4 is 10.6 Å². The van der Waals surface area contributed by atoms with Crippen molar-refractivity contribution in [3.63, 3.8) is 0 Å². The van der Waals surface area contributed by atoms with E-state index < -0.39 is 17.1 Å². The lowest BCUT2D eigenvalue weighted by atomic mass is 10.0. The van der Waals surface area contributed by atoms with Crippen molar-refractivity contribution in [1.82, 2.24) is 10.6 Å². The first-order chi connectivity index (χ1) is 17.3. The first kappa shape index (κ1) is 33.3. The fourth-order valence-corrected chi connectivity index (χ4v) is 3.86. The van der Waals surface area contributed by atoms with Crippen LogP contribution in [0.2, 0.25) is 0 Å². The summed E-state index contributed by atoms with van der Waals surface area (Å²) in [6, 6.07) is 7.47. The van der Waals surface area contributed by atoms with E-state index in [9.17, 15) is 28.8 Å². The molecule has 36 heavy (non-hydrogen) atoms. The number of aldehydes is 3. The zero-order valence-corrected chi connectivity index (χ0v) is 22.1. The lowest BCUT2D eigenvalue weighted by molar-refractivity contribution is -0.129. The molecule has 0 saturated carbocycles. The maximum absolute atomic E-state index is 12.1. The summed E-state index contributed by atoms with van der Waals surface area (Å²) in [6.07, 6.45) is 4.08. The zero-order chi connectivity index (χ0) is 27.2. The summed E-state index contributed by atoms with van der Waals surface area (Å²) < 4.78 is 5.17. The molecule has 0 aliphatic rings. The molecule has 0 bridgehead atoms. The van der Waals surface area contributed by atoms with E-state index >= 15 is 0 Å². The van der Waals surface area contributed by atoms with Crippen LogP contribution in [0.3, 0.4) is 0 Å². The average molecular weight is 523 g/mol. The van der Waals surface area contributed by atoms with Gasteiger partial charge in [-0.2, -0.15) is 11.8 Å². The van der Waals surface area contributed by atoms with E-state index in [-0.39, 0.29) is 44.2 Å². The Hall–Kier alpha value is -2.69. The Morgan fingerprint density at radius 1 is 1.00 bits per heavy atom. The molecular weight excluding hydrogens is 484 g/mol. The van der Waals surface area contributed by atoms with Crippen molar-refractivity contribution in [1.29, 1.82) is 0 Å². The number of ketones is 2. The Morgan fingerprint density at radius 3 is 2.19 bits per heavy atom. The van der Waals surface area contributed by atoms with Crippen molar-refractivity contribution >= 4 is 48.1 Å². The minimum Gasteiger partial charge on any atom is -0.364 e. The third-order valence-corrected chi connectivity index (χ3v) is 5.94. The van der Waals surface area contributed by atoms with Crippen LogP contribution in [0.25, 0.3) is 0 Å². The molecule has 200 valence electrons. The molecule has 0 heterocycles. The van der Waals surface area contributed by atoms with Crippen LogP contribution in [0.5, 0.6) is 0 Å². The zero-order valence-electron chi connectivity index (χ0n) is 21.3. The number of Topliss-reactive ketones (excluding diaryl/α,β-unsaturated/α-hetero) is 2. The predicted octanol–water partition coefficient (Wildman–Crippen LogP) is 1.38. The molecule has 10 heteroatoms. The van der Waals surface area contributed by atoms with Crippen LogP contribution in [0.15, 0.2) is 24.3 Å². The van der Waals surface area contributed by atoms with E-state index in [1.807, 2.05) is 38.4 Å². The van der Waals surface area contributed by atoms with Gasteiger partial charge in [-0.1, -0.05) is 24.3 Å². The largest absolute Gasteiger partial charge is 0.364 e. The molecule has 1 aromatic carbocycles. The number of aryl methyl sites for hydroxylation is 1. The first-order valence-electron chi connectivity index (χ1n) is 11.8. The van der Waals surface area contributed by atoms with E-state index in [2.05, 4.69) is 10.6 Å². The highest BCUT2D eigenvalue weighted by Gasteiger charge is 2.13. The standard InChI is InChI=1S/C24H31NO7S.C2H7N/c1-18(29)2-3-19-4-6-20(7-5-19)12-22(30)16-32-17-24(31)25-13-21(14-27)9-11-33-23(15-28)8-10-26;1-3-2/h4-7,10,14-15,21,23H,2-3,8-9,11-13,16-17H2,1H3,(H,25,31);3H,1-2H3. The molecule has 2 atom stereocenters. The second-order valence-electron chi connectivity index (χ2n) is 8.16. The van der Waals surface area contributed by atoms with Gasteiger partial charge in [0.25, 0.3) is 0 Å². The Bertz CT molecular complexity index is 815. The van der Waals surface area contributed by atoms with Crippen molar-refractivity contribution in [2.75, 3.05) is 39.6 Å². The summed E-state index contributed by atoms with van der Waals surface area (Å²) in [6.45, 7) is 1.20. The highest BCUT2D eigenvalue weighted by atomic mass is 32.2. The number of hydrogen-bond acceptors (Lipinski definition) is 9. The van der Waals surface area contributed by atoms with Gasteiger partial charge in [0, 0.05) is 31.7 Å². The van der Waals surface area contributed by atoms with Crippen LogP contribution in [-0.2, 0) is 46.3 Å². The SMILES string of the molecule is CC(=O)CCc1ccc(CC(=O)COCC(=O)NCC(C=O)CCSC(C=O)CC=O)cc1.CNC. The number of benzene rings is 1. The molecule has 0 saturated heterocycles. The molecule has 2 unspecified atom stereocenters. The summed E-state index contributed by atoms with van der Waals surface area (Å²) in [5.74, 6) is -0.356. The monoisotopic (exact) mass is 522 g/mol. The van der Waals surface area contributed by atoms with Gasteiger partial charge >= 0.3 is 0 Å². The number of rotatable bonds is 19. The van der Waals surface area contributed by atoms with Gasteiger partial charge in [-0.25, -0.2) is 0 Å². The van der Waals surface area contributed by atoms with Crippen molar-refractivity contribution in [3.05, 3.63) is 35.4 Å². The van der Waals surface area contributed by atoms with Crippen LogP contribution in [0.1, 0.15) is 37.3 Å². The Morgan fingerprint density at radius 2 is 1.64 bits per heavy atom. The van der Waals surface area contributed by atoms with Gasteiger partial charge in [0.2, 0.25) is 5.91 Å². The second kappa shape index (κ2) is 21.6. The van der Waals surface area contributed by atoms with Crippen LogP contribution >= 0.6 is 11.8 Å². The number of nitrogens with one attached hydrogen (secondary N) is 2. The predicted molar refractivity (Wildman–Crippen MR) is 140 cm³/mol. The lowest BCUT2D eigenvalue weighted by Gasteiger charge is -2.13. The maximum atomic E-state index is 12.1.